The molecule has 1 amide bonds. The van der Waals surface area contributed by atoms with E-state index in [2.05, 4.69) is 27.4 Å². The van der Waals surface area contributed by atoms with Crippen molar-refractivity contribution in [3.63, 3.8) is 0 Å². The lowest BCUT2D eigenvalue weighted by Crippen LogP contribution is -2.14. The normalized spacial score (nSPS) is 17.5. The summed E-state index contributed by atoms with van der Waals surface area (Å²) in [5.41, 5.74) is 1.17. The van der Waals surface area contributed by atoms with E-state index >= 15 is 0 Å². The SMILES string of the molecule is Cc1nnc(SCC(=O)Nc2nc3c(s2)C[C@@H](C)CC3)s1. The van der Waals surface area contributed by atoms with Gasteiger partial charge in [0, 0.05) is 4.88 Å². The summed E-state index contributed by atoms with van der Waals surface area (Å²) in [5.74, 6) is 1.03. The zero-order valence-corrected chi connectivity index (χ0v) is 14.3. The molecule has 0 aliphatic heterocycles. The van der Waals surface area contributed by atoms with Crippen LogP contribution in [0.5, 0.6) is 0 Å². The Balaban J connectivity index is 1.55. The zero-order chi connectivity index (χ0) is 14.8. The Morgan fingerprint density at radius 2 is 2.29 bits per heavy atom. The topological polar surface area (TPSA) is 67.8 Å². The second-order valence-corrected chi connectivity index (χ2v) is 8.65. The number of aromatic nitrogens is 3. The van der Waals surface area contributed by atoms with Crippen LogP contribution >= 0.6 is 34.4 Å². The fourth-order valence-electron chi connectivity index (χ4n) is 2.21. The van der Waals surface area contributed by atoms with Crippen LogP contribution in [-0.2, 0) is 17.6 Å². The van der Waals surface area contributed by atoms with Gasteiger partial charge in [0.25, 0.3) is 0 Å². The highest BCUT2D eigenvalue weighted by Crippen LogP contribution is 2.32. The number of thioether (sulfide) groups is 1. The average Bonchev–Trinajstić information content (AvgIpc) is 3.01. The maximum absolute atomic E-state index is 12.0. The molecule has 5 nitrogen and oxygen atoms in total. The van der Waals surface area contributed by atoms with Gasteiger partial charge in [-0.2, -0.15) is 0 Å². The van der Waals surface area contributed by atoms with Crippen molar-refractivity contribution in [2.45, 2.75) is 37.4 Å². The predicted molar refractivity (Wildman–Crippen MR) is 87.3 cm³/mol. The molecule has 0 unspecified atom stereocenters. The van der Waals surface area contributed by atoms with Crippen LogP contribution in [0.2, 0.25) is 0 Å². The molecule has 8 heteroatoms. The molecule has 21 heavy (non-hydrogen) atoms. The van der Waals surface area contributed by atoms with Crippen molar-refractivity contribution in [3.8, 4) is 0 Å². The monoisotopic (exact) mass is 340 g/mol. The first-order valence-electron chi connectivity index (χ1n) is 6.81. The van der Waals surface area contributed by atoms with Crippen LogP contribution in [0.15, 0.2) is 4.34 Å². The first-order valence-corrected chi connectivity index (χ1v) is 9.43. The van der Waals surface area contributed by atoms with E-state index < -0.39 is 0 Å². The number of rotatable bonds is 4. The van der Waals surface area contributed by atoms with E-state index in [1.54, 1.807) is 11.3 Å². The van der Waals surface area contributed by atoms with E-state index in [1.165, 1.54) is 40.1 Å². The van der Waals surface area contributed by atoms with Gasteiger partial charge < -0.3 is 5.32 Å². The number of fused-ring (bicyclic) bond motifs is 1. The second kappa shape index (κ2) is 6.41. The van der Waals surface area contributed by atoms with E-state index in [9.17, 15) is 4.79 Å². The van der Waals surface area contributed by atoms with E-state index in [0.717, 1.165) is 33.2 Å². The van der Waals surface area contributed by atoms with Gasteiger partial charge in [-0.05, 0) is 32.1 Å². The highest BCUT2D eigenvalue weighted by atomic mass is 32.2. The molecule has 0 aromatic carbocycles. The summed E-state index contributed by atoms with van der Waals surface area (Å²) in [6.45, 7) is 4.17. The molecule has 0 radical (unpaired) electrons. The van der Waals surface area contributed by atoms with Crippen molar-refractivity contribution >= 4 is 45.5 Å². The molecule has 0 bridgehead atoms. The molecule has 0 spiro atoms. The molecule has 0 fully saturated rings. The van der Waals surface area contributed by atoms with Gasteiger partial charge in [0.2, 0.25) is 5.91 Å². The van der Waals surface area contributed by atoms with Crippen molar-refractivity contribution < 1.29 is 4.79 Å². The number of nitrogens with one attached hydrogen (secondary N) is 1. The Kier molecular flexibility index (Phi) is 4.56. The molecule has 2 heterocycles. The lowest BCUT2D eigenvalue weighted by molar-refractivity contribution is -0.113. The quantitative estimate of drug-likeness (QED) is 0.866. The number of nitrogens with zero attached hydrogens (tertiary/aromatic N) is 3. The van der Waals surface area contributed by atoms with Gasteiger partial charge in [0.15, 0.2) is 9.47 Å². The largest absolute Gasteiger partial charge is 0.301 e. The van der Waals surface area contributed by atoms with Crippen molar-refractivity contribution in [1.82, 2.24) is 15.2 Å². The lowest BCUT2D eigenvalue weighted by atomic mass is 9.93. The molecule has 3 rings (SSSR count). The van der Waals surface area contributed by atoms with E-state index in [0.29, 0.717) is 5.75 Å². The Morgan fingerprint density at radius 1 is 1.43 bits per heavy atom. The number of thiazole rings is 1. The number of hydrogen-bond acceptors (Lipinski definition) is 7. The average molecular weight is 340 g/mol. The molecule has 1 aliphatic carbocycles. The van der Waals surface area contributed by atoms with Crippen LogP contribution in [0.25, 0.3) is 0 Å². The number of carbonyl (C=O) groups is 1. The smallest absolute Gasteiger partial charge is 0.236 e. The molecule has 112 valence electrons. The fraction of sp³-hybridized carbons (Fsp3) is 0.538. The Hall–Kier alpha value is -0.990. The Morgan fingerprint density at radius 3 is 3.05 bits per heavy atom. The van der Waals surface area contributed by atoms with E-state index in [4.69, 9.17) is 0 Å². The molecule has 2 aromatic rings. The van der Waals surface area contributed by atoms with Crippen LogP contribution < -0.4 is 5.32 Å². The van der Waals surface area contributed by atoms with Gasteiger partial charge in [0.05, 0.1) is 11.4 Å². The number of carbonyl (C=O) groups excluding carboxylic acids is 1. The fourth-order valence-corrected chi connectivity index (χ4v) is 5.02. The highest BCUT2D eigenvalue weighted by molar-refractivity contribution is 8.01. The number of anilines is 1. The maximum atomic E-state index is 12.0. The summed E-state index contributed by atoms with van der Waals surface area (Å²) in [4.78, 5) is 17.8. The minimum atomic E-state index is -0.0352. The van der Waals surface area contributed by atoms with Gasteiger partial charge in [0.1, 0.15) is 5.01 Å². The predicted octanol–water partition coefficient (Wildman–Crippen LogP) is 3.16. The third-order valence-electron chi connectivity index (χ3n) is 3.27. The third kappa shape index (κ3) is 3.81. The van der Waals surface area contributed by atoms with Crippen LogP contribution in [0.3, 0.4) is 0 Å². The molecule has 1 atom stereocenters. The summed E-state index contributed by atoms with van der Waals surface area (Å²) in [6.07, 6.45) is 3.31. The summed E-state index contributed by atoms with van der Waals surface area (Å²) in [5, 5.41) is 12.5. The summed E-state index contributed by atoms with van der Waals surface area (Å²) in [6, 6.07) is 0. The zero-order valence-electron chi connectivity index (χ0n) is 11.9. The number of hydrogen-bond donors (Lipinski definition) is 1. The molecule has 1 N–H and O–H groups in total. The maximum Gasteiger partial charge on any atom is 0.236 e. The van der Waals surface area contributed by atoms with Crippen LogP contribution in [0.4, 0.5) is 5.13 Å². The molecular weight excluding hydrogens is 324 g/mol. The van der Waals surface area contributed by atoms with Crippen molar-refractivity contribution in [1.29, 1.82) is 0 Å². The molecule has 0 saturated heterocycles. The Labute approximate surface area is 135 Å². The van der Waals surface area contributed by atoms with Crippen LogP contribution in [0.1, 0.15) is 28.9 Å². The first kappa shape index (κ1) is 14.9. The van der Waals surface area contributed by atoms with Gasteiger partial charge >= 0.3 is 0 Å². The van der Waals surface area contributed by atoms with Gasteiger partial charge in [-0.15, -0.1) is 21.5 Å². The van der Waals surface area contributed by atoms with Crippen molar-refractivity contribution in [2.75, 3.05) is 11.1 Å². The highest BCUT2D eigenvalue weighted by Gasteiger charge is 2.20. The molecule has 0 saturated carbocycles. The van der Waals surface area contributed by atoms with Gasteiger partial charge in [-0.1, -0.05) is 30.0 Å². The second-order valence-electron chi connectivity index (χ2n) is 5.16. The summed E-state index contributed by atoms with van der Waals surface area (Å²) >= 11 is 4.54. The van der Waals surface area contributed by atoms with Crippen molar-refractivity contribution in [3.05, 3.63) is 15.6 Å². The van der Waals surface area contributed by atoms with E-state index in [1.807, 2.05) is 6.92 Å². The van der Waals surface area contributed by atoms with E-state index in [-0.39, 0.29) is 5.91 Å². The lowest BCUT2D eigenvalue weighted by Gasteiger charge is -2.15. The van der Waals surface area contributed by atoms with Crippen LogP contribution in [0, 0.1) is 12.8 Å². The molecule has 1 aliphatic rings. The third-order valence-corrected chi connectivity index (χ3v) is 6.27. The van der Waals surface area contributed by atoms with Gasteiger partial charge in [-0.3, -0.25) is 4.79 Å². The standard InChI is InChI=1S/C13H16N4OS3/c1-7-3-4-9-10(5-7)21-12(14-9)15-11(18)6-19-13-17-16-8(2)20-13/h7H,3-6H2,1-2H3,(H,14,15,18)/t7-/m0/s1. The summed E-state index contributed by atoms with van der Waals surface area (Å²) < 4.78 is 0.829. The summed E-state index contributed by atoms with van der Waals surface area (Å²) in [7, 11) is 0. The van der Waals surface area contributed by atoms with Gasteiger partial charge in [-0.25, -0.2) is 4.98 Å². The molecular formula is C13H16N4OS3. The number of aryl methyl sites for hydroxylation is 2. The van der Waals surface area contributed by atoms with Crippen molar-refractivity contribution in [2.24, 2.45) is 5.92 Å². The van der Waals surface area contributed by atoms with Crippen LogP contribution in [-0.4, -0.2) is 26.8 Å². The minimum Gasteiger partial charge on any atom is -0.301 e. The molecule has 2 aromatic heterocycles. The first-order chi connectivity index (χ1) is 10.1. The minimum absolute atomic E-state index is 0.0352. The Bertz CT molecular complexity index is 652. The number of amides is 1.